The molecule has 0 amide bonds. The predicted octanol–water partition coefficient (Wildman–Crippen LogP) is 2.85. The number of nitrogens with one attached hydrogen (secondary N) is 1. The summed E-state index contributed by atoms with van der Waals surface area (Å²) in [5.74, 6) is 0.941. The largest absolute Gasteiger partial charge is 0.328 e. The van der Waals surface area contributed by atoms with Gasteiger partial charge in [-0.15, -0.1) is 0 Å². The molecule has 6 nitrogen and oxygen atoms in total. The first kappa shape index (κ1) is 17.9. The van der Waals surface area contributed by atoms with Gasteiger partial charge >= 0.3 is 0 Å². The van der Waals surface area contributed by atoms with Crippen LogP contribution >= 0.6 is 0 Å². The van der Waals surface area contributed by atoms with Gasteiger partial charge in [-0.3, -0.25) is 4.68 Å². The summed E-state index contributed by atoms with van der Waals surface area (Å²) in [5, 5.41) is 8.29. The lowest BCUT2D eigenvalue weighted by atomic mass is 10.0. The van der Waals surface area contributed by atoms with Crippen LogP contribution in [0.2, 0.25) is 0 Å². The first-order valence-corrected chi connectivity index (χ1v) is 9.64. The van der Waals surface area contributed by atoms with Crippen LogP contribution in [-0.4, -0.2) is 44.9 Å². The van der Waals surface area contributed by atoms with Crippen molar-refractivity contribution in [3.05, 3.63) is 59.5 Å². The van der Waals surface area contributed by atoms with Crippen LogP contribution in [-0.2, 0) is 19.6 Å². The summed E-state index contributed by atoms with van der Waals surface area (Å²) in [5.41, 5.74) is 4.87. The molecule has 3 heterocycles. The molecular formula is C21H28N6. The van der Waals surface area contributed by atoms with Crippen LogP contribution in [0, 0.1) is 6.92 Å². The lowest BCUT2D eigenvalue weighted by molar-refractivity contribution is 0.269. The highest BCUT2D eigenvalue weighted by atomic mass is 15.3. The zero-order chi connectivity index (χ0) is 18.8. The molecule has 1 aromatic carbocycles. The maximum Gasteiger partial charge on any atom is 0.160 e. The summed E-state index contributed by atoms with van der Waals surface area (Å²) in [6, 6.07) is 11.1. The van der Waals surface area contributed by atoms with Gasteiger partial charge < -0.3 is 14.8 Å². The molecule has 1 aliphatic heterocycles. The highest BCUT2D eigenvalue weighted by molar-refractivity contribution is 5.50. The highest BCUT2D eigenvalue weighted by Crippen LogP contribution is 2.26. The van der Waals surface area contributed by atoms with Crippen molar-refractivity contribution in [3.63, 3.8) is 0 Å². The molecule has 6 heteroatoms. The Morgan fingerprint density at radius 2 is 2.11 bits per heavy atom. The third kappa shape index (κ3) is 3.68. The number of imidazole rings is 1. The van der Waals surface area contributed by atoms with Crippen LogP contribution < -0.4 is 5.32 Å². The van der Waals surface area contributed by atoms with Gasteiger partial charge in [-0.25, -0.2) is 4.98 Å². The van der Waals surface area contributed by atoms with Crippen LogP contribution in [0.5, 0.6) is 0 Å². The molecule has 0 saturated heterocycles. The maximum atomic E-state index is 4.84. The molecule has 0 saturated carbocycles. The molecule has 1 N–H and O–H groups in total. The second kappa shape index (κ2) is 7.66. The van der Waals surface area contributed by atoms with Gasteiger partial charge in [0.1, 0.15) is 5.69 Å². The Morgan fingerprint density at radius 1 is 1.26 bits per heavy atom. The Hall–Kier alpha value is -2.44. The summed E-state index contributed by atoms with van der Waals surface area (Å²) in [4.78, 5) is 6.91. The fourth-order valence-electron chi connectivity index (χ4n) is 3.85. The number of rotatable bonds is 5. The molecule has 0 bridgehead atoms. The van der Waals surface area contributed by atoms with Crippen molar-refractivity contribution in [1.29, 1.82) is 0 Å². The van der Waals surface area contributed by atoms with E-state index in [4.69, 9.17) is 5.10 Å². The average Bonchev–Trinajstić information content (AvgIpc) is 3.21. The fourth-order valence-corrected chi connectivity index (χ4v) is 3.85. The zero-order valence-electron chi connectivity index (χ0n) is 16.4. The number of aromatic nitrogens is 4. The number of nitrogens with zero attached hydrogens (tertiary/aromatic N) is 5. The summed E-state index contributed by atoms with van der Waals surface area (Å²) < 4.78 is 4.35. The molecule has 27 heavy (non-hydrogen) atoms. The van der Waals surface area contributed by atoms with Gasteiger partial charge in [-0.2, -0.15) is 5.10 Å². The molecule has 0 aliphatic carbocycles. The van der Waals surface area contributed by atoms with Crippen LogP contribution in [0.15, 0.2) is 42.7 Å². The van der Waals surface area contributed by atoms with Crippen LogP contribution in [0.25, 0.3) is 11.5 Å². The molecule has 0 radical (unpaired) electrons. The van der Waals surface area contributed by atoms with Gasteiger partial charge in [-0.1, -0.05) is 24.3 Å². The van der Waals surface area contributed by atoms with E-state index in [1.807, 2.05) is 6.20 Å². The van der Waals surface area contributed by atoms with Crippen LogP contribution in [0.3, 0.4) is 0 Å². The molecule has 0 spiro atoms. The van der Waals surface area contributed by atoms with Crippen molar-refractivity contribution >= 4 is 0 Å². The van der Waals surface area contributed by atoms with E-state index in [0.717, 1.165) is 44.1 Å². The SMILES string of the molecule is Cc1ccccc1C(Cn1ccnc1-c1cc2n(n1)CCCNC2)N(C)C. The second-order valence-electron chi connectivity index (χ2n) is 7.51. The molecule has 142 valence electrons. The lowest BCUT2D eigenvalue weighted by Crippen LogP contribution is -2.25. The number of hydrogen-bond acceptors (Lipinski definition) is 4. The molecular weight excluding hydrogens is 336 g/mol. The monoisotopic (exact) mass is 364 g/mol. The summed E-state index contributed by atoms with van der Waals surface area (Å²) >= 11 is 0. The smallest absolute Gasteiger partial charge is 0.160 e. The number of fused-ring (bicyclic) bond motifs is 1. The van der Waals surface area contributed by atoms with Crippen molar-refractivity contribution in [1.82, 2.24) is 29.5 Å². The Balaban J connectivity index is 1.64. The topological polar surface area (TPSA) is 50.9 Å². The average molecular weight is 364 g/mol. The Kier molecular flexibility index (Phi) is 5.09. The van der Waals surface area contributed by atoms with Gasteiger partial charge in [-0.05, 0) is 51.2 Å². The Morgan fingerprint density at radius 3 is 2.93 bits per heavy atom. The maximum absolute atomic E-state index is 4.84. The van der Waals surface area contributed by atoms with Crippen molar-refractivity contribution < 1.29 is 0 Å². The third-order valence-corrected chi connectivity index (χ3v) is 5.38. The van der Waals surface area contributed by atoms with Crippen LogP contribution in [0.1, 0.15) is 29.3 Å². The third-order valence-electron chi connectivity index (χ3n) is 5.38. The lowest BCUT2D eigenvalue weighted by Gasteiger charge is -2.27. The quantitative estimate of drug-likeness (QED) is 0.756. The van der Waals surface area contributed by atoms with Crippen molar-refractivity contribution in [2.75, 3.05) is 20.6 Å². The molecule has 4 rings (SSSR count). The zero-order valence-corrected chi connectivity index (χ0v) is 16.4. The van der Waals surface area contributed by atoms with Gasteiger partial charge in [0, 0.05) is 32.0 Å². The standard InChI is InChI=1S/C21H28N6/c1-16-7-4-5-8-18(16)20(25(2)3)15-26-12-10-23-21(26)19-13-17-14-22-9-6-11-27(17)24-19/h4-5,7-8,10,12-13,20,22H,6,9,11,14-15H2,1-3H3. The van der Waals surface area contributed by atoms with Gasteiger partial charge in [0.2, 0.25) is 0 Å². The Bertz CT molecular complexity index is 884. The van der Waals surface area contributed by atoms with Gasteiger partial charge in [0.05, 0.1) is 11.7 Å². The fraction of sp³-hybridized carbons (Fsp3) is 0.429. The molecule has 3 aromatic rings. The minimum Gasteiger partial charge on any atom is -0.328 e. The number of hydrogen-bond donors (Lipinski definition) is 1. The van der Waals surface area contributed by atoms with Gasteiger partial charge in [0.15, 0.2) is 5.82 Å². The first-order valence-electron chi connectivity index (χ1n) is 9.64. The summed E-state index contributed by atoms with van der Waals surface area (Å²) in [6.07, 6.45) is 5.05. The number of benzene rings is 1. The van der Waals surface area contributed by atoms with E-state index in [9.17, 15) is 0 Å². The number of likely N-dealkylation sites (N-methyl/N-ethyl adjacent to an activating group) is 1. The predicted molar refractivity (Wildman–Crippen MR) is 107 cm³/mol. The normalized spacial score (nSPS) is 15.6. The first-order chi connectivity index (χ1) is 13.1. The highest BCUT2D eigenvalue weighted by Gasteiger charge is 2.20. The summed E-state index contributed by atoms with van der Waals surface area (Å²) in [7, 11) is 4.27. The van der Waals surface area contributed by atoms with E-state index in [1.165, 1.54) is 16.8 Å². The van der Waals surface area contributed by atoms with Gasteiger partial charge in [0.25, 0.3) is 0 Å². The molecule has 1 atom stereocenters. The van der Waals surface area contributed by atoms with Crippen molar-refractivity contribution in [2.45, 2.75) is 39.0 Å². The van der Waals surface area contributed by atoms with Crippen molar-refractivity contribution in [3.8, 4) is 11.5 Å². The molecule has 1 unspecified atom stereocenters. The molecule has 2 aromatic heterocycles. The summed E-state index contributed by atoms with van der Waals surface area (Å²) in [6.45, 7) is 5.91. The Labute approximate surface area is 160 Å². The van der Waals surface area contributed by atoms with Crippen LogP contribution in [0.4, 0.5) is 0 Å². The van der Waals surface area contributed by atoms with E-state index in [2.05, 4.69) is 82.0 Å². The second-order valence-corrected chi connectivity index (χ2v) is 7.51. The molecule has 1 aliphatic rings. The van der Waals surface area contributed by atoms with E-state index in [-0.39, 0.29) is 6.04 Å². The van der Waals surface area contributed by atoms with E-state index in [1.54, 1.807) is 0 Å². The van der Waals surface area contributed by atoms with E-state index < -0.39 is 0 Å². The molecule has 0 fully saturated rings. The minimum atomic E-state index is 0.279. The van der Waals surface area contributed by atoms with Crippen molar-refractivity contribution in [2.24, 2.45) is 0 Å². The van der Waals surface area contributed by atoms with E-state index >= 15 is 0 Å². The van der Waals surface area contributed by atoms with E-state index in [0.29, 0.717) is 0 Å². The number of aryl methyl sites for hydroxylation is 2. The minimum absolute atomic E-state index is 0.279.